The summed E-state index contributed by atoms with van der Waals surface area (Å²) in [5.74, 6) is 1.78. The van der Waals surface area contributed by atoms with E-state index in [0.717, 1.165) is 42.2 Å². The minimum Gasteiger partial charge on any atom is -0.248 e. The minimum absolute atomic E-state index is 0.236. The van der Waals surface area contributed by atoms with Gasteiger partial charge >= 0.3 is 0 Å². The van der Waals surface area contributed by atoms with Crippen molar-refractivity contribution in [2.45, 2.75) is 63.3 Å². The van der Waals surface area contributed by atoms with E-state index in [1.54, 1.807) is 0 Å². The van der Waals surface area contributed by atoms with Gasteiger partial charge in [0.1, 0.15) is 5.82 Å². The average Bonchev–Trinajstić information content (AvgIpc) is 3.19. The first-order valence-corrected chi connectivity index (χ1v) is 10.5. The first-order valence-electron chi connectivity index (χ1n) is 8.96. The molecule has 7 heteroatoms. The third kappa shape index (κ3) is 3.11. The molecule has 1 aromatic heterocycles. The predicted molar refractivity (Wildman–Crippen MR) is 95.8 cm³/mol. The zero-order valence-corrected chi connectivity index (χ0v) is 15.5. The van der Waals surface area contributed by atoms with Crippen LogP contribution < -0.4 is 4.72 Å². The van der Waals surface area contributed by atoms with Crippen LogP contribution in [0.25, 0.3) is 0 Å². The third-order valence-electron chi connectivity index (χ3n) is 5.17. The zero-order valence-electron chi connectivity index (χ0n) is 14.6. The summed E-state index contributed by atoms with van der Waals surface area (Å²) in [6.45, 7) is 4.91. The summed E-state index contributed by atoms with van der Waals surface area (Å²) in [5.41, 5.74) is 2.29. The minimum atomic E-state index is -3.41. The molecule has 0 fully saturated rings. The maximum Gasteiger partial charge on any atom is 0.215 e. The Morgan fingerprint density at radius 3 is 2.52 bits per heavy atom. The van der Waals surface area contributed by atoms with Crippen molar-refractivity contribution in [3.8, 4) is 0 Å². The van der Waals surface area contributed by atoms with Gasteiger partial charge in [-0.25, -0.2) is 22.8 Å². The van der Waals surface area contributed by atoms with Gasteiger partial charge in [-0.15, -0.1) is 0 Å². The summed E-state index contributed by atoms with van der Waals surface area (Å²) in [6.07, 6.45) is 2.85. The quantitative estimate of drug-likeness (QED) is 0.908. The lowest BCUT2D eigenvalue weighted by Gasteiger charge is -2.24. The predicted octanol–water partition coefficient (Wildman–Crippen LogP) is 2.32. The van der Waals surface area contributed by atoms with Crippen molar-refractivity contribution in [1.82, 2.24) is 19.5 Å². The highest BCUT2D eigenvalue weighted by atomic mass is 32.2. The van der Waals surface area contributed by atoms with Crippen LogP contribution in [-0.4, -0.2) is 28.4 Å². The summed E-state index contributed by atoms with van der Waals surface area (Å²) < 4.78 is 30.7. The summed E-state index contributed by atoms with van der Waals surface area (Å²) in [4.78, 5) is 4.61. The SMILES string of the molecule is CC(C)c1nc2n(n1)CCCC2NS(=O)(=O)C1Cc2ccccc2C1. The van der Waals surface area contributed by atoms with Gasteiger partial charge < -0.3 is 0 Å². The lowest BCUT2D eigenvalue weighted by Crippen LogP contribution is -2.39. The molecule has 2 aliphatic rings. The molecule has 0 saturated carbocycles. The normalized spacial score (nSPS) is 20.7. The molecule has 0 spiro atoms. The molecular formula is C18H24N4O2S. The summed E-state index contributed by atoms with van der Waals surface area (Å²) in [7, 11) is -3.41. The number of hydrogen-bond donors (Lipinski definition) is 1. The van der Waals surface area contributed by atoms with Crippen LogP contribution in [0.3, 0.4) is 0 Å². The molecule has 0 bridgehead atoms. The molecule has 0 amide bonds. The van der Waals surface area contributed by atoms with Gasteiger partial charge in [-0.2, -0.15) is 5.10 Å². The van der Waals surface area contributed by atoms with Crippen LogP contribution in [0.2, 0.25) is 0 Å². The van der Waals surface area contributed by atoms with Crippen molar-refractivity contribution in [2.75, 3.05) is 0 Å². The number of aromatic nitrogens is 3. The van der Waals surface area contributed by atoms with Gasteiger partial charge in [-0.05, 0) is 36.8 Å². The molecule has 1 N–H and O–H groups in total. The Morgan fingerprint density at radius 2 is 1.88 bits per heavy atom. The second-order valence-electron chi connectivity index (χ2n) is 7.36. The molecule has 25 heavy (non-hydrogen) atoms. The fraction of sp³-hybridized carbons (Fsp3) is 0.556. The lowest BCUT2D eigenvalue weighted by molar-refractivity contribution is 0.398. The fourth-order valence-corrected chi connectivity index (χ4v) is 5.37. The number of nitrogens with zero attached hydrogens (tertiary/aromatic N) is 3. The number of fused-ring (bicyclic) bond motifs is 2. The van der Waals surface area contributed by atoms with E-state index < -0.39 is 15.3 Å². The number of hydrogen-bond acceptors (Lipinski definition) is 4. The Hall–Kier alpha value is -1.73. The first-order chi connectivity index (χ1) is 11.9. The number of nitrogens with one attached hydrogen (secondary N) is 1. The van der Waals surface area contributed by atoms with Gasteiger partial charge in [0, 0.05) is 12.5 Å². The van der Waals surface area contributed by atoms with Gasteiger partial charge in [-0.1, -0.05) is 38.1 Å². The Balaban J connectivity index is 1.55. The number of rotatable bonds is 4. The summed E-state index contributed by atoms with van der Waals surface area (Å²) in [6, 6.07) is 7.72. The van der Waals surface area contributed by atoms with Gasteiger partial charge in [0.05, 0.1) is 11.3 Å². The first kappa shape index (κ1) is 16.7. The van der Waals surface area contributed by atoms with Crippen molar-refractivity contribution in [3.63, 3.8) is 0 Å². The van der Waals surface area contributed by atoms with E-state index in [-0.39, 0.29) is 12.0 Å². The number of aryl methyl sites for hydroxylation is 1. The Labute approximate surface area is 148 Å². The van der Waals surface area contributed by atoms with E-state index >= 15 is 0 Å². The lowest BCUT2D eigenvalue weighted by atomic mass is 10.1. The second kappa shape index (κ2) is 6.21. The summed E-state index contributed by atoms with van der Waals surface area (Å²) >= 11 is 0. The monoisotopic (exact) mass is 360 g/mol. The highest BCUT2D eigenvalue weighted by molar-refractivity contribution is 7.90. The van der Waals surface area contributed by atoms with E-state index in [4.69, 9.17) is 0 Å². The fourth-order valence-electron chi connectivity index (χ4n) is 3.76. The van der Waals surface area contributed by atoms with Crippen LogP contribution in [0.15, 0.2) is 24.3 Å². The van der Waals surface area contributed by atoms with Crippen LogP contribution in [0.5, 0.6) is 0 Å². The highest BCUT2D eigenvalue weighted by Gasteiger charge is 2.36. The van der Waals surface area contributed by atoms with Crippen LogP contribution in [-0.2, 0) is 29.4 Å². The topological polar surface area (TPSA) is 76.9 Å². The van der Waals surface area contributed by atoms with E-state index in [9.17, 15) is 8.42 Å². The molecular weight excluding hydrogens is 336 g/mol. The maximum atomic E-state index is 13.0. The van der Waals surface area contributed by atoms with Gasteiger partial charge in [0.25, 0.3) is 0 Å². The number of sulfonamides is 1. The largest absolute Gasteiger partial charge is 0.248 e. The van der Waals surface area contributed by atoms with E-state index in [2.05, 4.69) is 28.7 Å². The molecule has 0 radical (unpaired) electrons. The molecule has 1 unspecified atom stereocenters. The average molecular weight is 360 g/mol. The highest BCUT2D eigenvalue weighted by Crippen LogP contribution is 2.30. The van der Waals surface area contributed by atoms with Crippen LogP contribution >= 0.6 is 0 Å². The van der Waals surface area contributed by atoms with Crippen molar-refractivity contribution >= 4 is 10.0 Å². The molecule has 1 atom stereocenters. The summed E-state index contributed by atoms with van der Waals surface area (Å²) in [5, 5.41) is 4.14. The smallest absolute Gasteiger partial charge is 0.215 e. The molecule has 1 aliphatic heterocycles. The standard InChI is InChI=1S/C18H24N4O2S/c1-12(2)17-19-18-16(8-5-9-22(18)20-17)21-25(23,24)15-10-13-6-3-4-7-14(13)11-15/h3-4,6-7,12,15-16,21H,5,8-11H2,1-2H3. The van der Waals surface area contributed by atoms with Crippen LogP contribution in [0, 0.1) is 0 Å². The number of benzene rings is 1. The Kier molecular flexibility index (Phi) is 4.16. The van der Waals surface area contributed by atoms with E-state index in [1.807, 2.05) is 28.9 Å². The van der Waals surface area contributed by atoms with Gasteiger partial charge in [0.15, 0.2) is 5.82 Å². The van der Waals surface area contributed by atoms with Gasteiger partial charge in [-0.3, -0.25) is 0 Å². The maximum absolute atomic E-state index is 13.0. The molecule has 4 rings (SSSR count). The van der Waals surface area contributed by atoms with Crippen molar-refractivity contribution in [1.29, 1.82) is 0 Å². The third-order valence-corrected chi connectivity index (χ3v) is 6.99. The Morgan fingerprint density at radius 1 is 1.20 bits per heavy atom. The van der Waals surface area contributed by atoms with E-state index in [0.29, 0.717) is 12.8 Å². The molecule has 0 saturated heterocycles. The molecule has 1 aromatic carbocycles. The van der Waals surface area contributed by atoms with E-state index in [1.165, 1.54) is 0 Å². The van der Waals surface area contributed by atoms with Crippen molar-refractivity contribution in [2.24, 2.45) is 0 Å². The van der Waals surface area contributed by atoms with Gasteiger partial charge in [0.2, 0.25) is 10.0 Å². The molecule has 1 aliphatic carbocycles. The second-order valence-corrected chi connectivity index (χ2v) is 9.36. The van der Waals surface area contributed by atoms with Crippen LogP contribution in [0.4, 0.5) is 0 Å². The van der Waals surface area contributed by atoms with Crippen molar-refractivity contribution in [3.05, 3.63) is 47.0 Å². The van der Waals surface area contributed by atoms with Crippen LogP contribution in [0.1, 0.15) is 61.4 Å². The Bertz CT molecular complexity index is 863. The van der Waals surface area contributed by atoms with Crippen molar-refractivity contribution < 1.29 is 8.42 Å². The molecule has 6 nitrogen and oxygen atoms in total. The molecule has 2 heterocycles. The molecule has 134 valence electrons. The molecule has 2 aromatic rings. The zero-order chi connectivity index (χ0) is 17.6.